The summed E-state index contributed by atoms with van der Waals surface area (Å²) < 4.78 is 0. The average Bonchev–Trinajstić information content (AvgIpc) is 2.75. The van der Waals surface area contributed by atoms with Gasteiger partial charge in [-0.05, 0) is 82.3 Å². The summed E-state index contributed by atoms with van der Waals surface area (Å²) in [5.41, 5.74) is 8.99. The molecule has 0 aromatic heterocycles. The van der Waals surface area contributed by atoms with Crippen molar-refractivity contribution in [2.45, 2.75) is 157 Å². The molecule has 6 heteroatoms. The van der Waals surface area contributed by atoms with Gasteiger partial charge in [-0.1, -0.05) is 172 Å². The van der Waals surface area contributed by atoms with Crippen molar-refractivity contribution in [3.8, 4) is 0 Å². The van der Waals surface area contributed by atoms with Crippen LogP contribution in [0.3, 0.4) is 0 Å². The van der Waals surface area contributed by atoms with Crippen LogP contribution in [0.4, 0.5) is 0 Å². The van der Waals surface area contributed by atoms with Crippen molar-refractivity contribution in [3.05, 3.63) is 57.6 Å². The van der Waals surface area contributed by atoms with E-state index < -0.39 is 0 Å². The van der Waals surface area contributed by atoms with Crippen LogP contribution in [0.2, 0.25) is 0 Å². The molecule has 0 N–H and O–H groups in total. The Balaban J connectivity index is 0. The molecule has 2 aromatic carbocycles. The smallest absolute Gasteiger partial charge is 0.0914 e. The first kappa shape index (κ1) is 46.6. The Labute approximate surface area is 310 Å². The van der Waals surface area contributed by atoms with Gasteiger partial charge in [-0.15, -0.1) is 0 Å². The minimum Gasteiger partial charge on any atom is -1.00 e. The Morgan fingerprint density at radius 3 is 0.705 bits per heavy atom. The second-order valence-electron chi connectivity index (χ2n) is 17.7. The normalized spacial score (nSPS) is 13.4. The molecule has 247 valence electrons. The first-order chi connectivity index (χ1) is 18.6. The van der Waals surface area contributed by atoms with Gasteiger partial charge in [0.2, 0.25) is 0 Å². The second kappa shape index (κ2) is 16.7. The molecule has 0 bridgehead atoms. The molecule has 0 amide bonds. The van der Waals surface area contributed by atoms with E-state index in [1.807, 2.05) is 0 Å². The molecule has 2 aromatic rings. The van der Waals surface area contributed by atoms with Gasteiger partial charge in [0.05, 0.1) is 10.5 Å². The van der Waals surface area contributed by atoms with Gasteiger partial charge in [0, 0.05) is 35.0 Å². The van der Waals surface area contributed by atoms with Gasteiger partial charge in [-0.3, -0.25) is 0 Å². The molecule has 44 heavy (non-hydrogen) atoms. The zero-order valence-corrected chi connectivity index (χ0v) is 37.4. The summed E-state index contributed by atoms with van der Waals surface area (Å²) in [6, 6.07) is 9.47. The molecule has 0 atom stereocenters. The maximum atomic E-state index is 5.85. The molecular formula is C38H58Cl3P2Sb-. The van der Waals surface area contributed by atoms with Crippen LogP contribution >= 0.6 is 39.6 Å². The summed E-state index contributed by atoms with van der Waals surface area (Å²) >= 11 is 11.7. The molecule has 0 unspecified atom stereocenters. The third kappa shape index (κ3) is 13.2. The third-order valence-electron chi connectivity index (χ3n) is 7.49. The maximum Gasteiger partial charge on any atom is 0.0914 e. The topological polar surface area (TPSA) is 0 Å². The van der Waals surface area contributed by atoms with E-state index >= 15 is 0 Å². The predicted molar refractivity (Wildman–Crippen MR) is 206 cm³/mol. The molecule has 0 aliphatic carbocycles. The van der Waals surface area contributed by atoms with Crippen molar-refractivity contribution < 1.29 is 12.4 Å². The van der Waals surface area contributed by atoms with Crippen molar-refractivity contribution >= 4 is 85.2 Å². The summed E-state index contributed by atoms with van der Waals surface area (Å²) in [5.74, 6) is 0. The van der Waals surface area contributed by atoms with Crippen molar-refractivity contribution in [2.75, 3.05) is 0 Å². The fraction of sp³-hybridized carbons (Fsp3) is 0.632. The van der Waals surface area contributed by atoms with E-state index in [9.17, 15) is 0 Å². The van der Waals surface area contributed by atoms with Crippen molar-refractivity contribution in [1.82, 2.24) is 0 Å². The van der Waals surface area contributed by atoms with E-state index in [1.165, 1.54) is 44.0 Å². The van der Waals surface area contributed by atoms with Crippen LogP contribution in [-0.4, -0.2) is 34.9 Å². The van der Waals surface area contributed by atoms with Crippen LogP contribution in [0.5, 0.6) is 0 Å². The van der Waals surface area contributed by atoms with Gasteiger partial charge in [-0.2, -0.15) is 0 Å². The zero-order valence-electron chi connectivity index (χ0n) is 30.8. The van der Waals surface area contributed by atoms with Crippen LogP contribution in [0.15, 0.2) is 24.3 Å². The number of hydrogen-bond donors (Lipinski definition) is 0. The largest absolute Gasteiger partial charge is 1.00 e. The molecular weight excluding hydrogens is 746 g/mol. The molecule has 0 aliphatic heterocycles. The van der Waals surface area contributed by atoms with Crippen molar-refractivity contribution in [2.24, 2.45) is 0 Å². The van der Waals surface area contributed by atoms with Gasteiger partial charge in [0.15, 0.2) is 0 Å². The van der Waals surface area contributed by atoms with Crippen LogP contribution < -0.4 is 23.0 Å². The SMILES string of the molecule is CC(C)(C)c1cc(C(C)(C)C)c(P=[C]Cl)c(C(C)(C)C)c1.CC(C)(C)c1cc(C(C)(C)C)c(P=[C]Cl)c(C(C)(C)C)c1.[Cl-].[Sb]. The molecule has 5 radical (unpaired) electrons. The number of hydrogen-bond acceptors (Lipinski definition) is 0. The molecule has 2 rings (SSSR count). The van der Waals surface area contributed by atoms with Crippen LogP contribution in [-0.2, 0) is 32.5 Å². The van der Waals surface area contributed by atoms with E-state index in [0.717, 1.165) is 16.4 Å². The number of halogens is 3. The Bertz CT molecular complexity index is 1110. The second-order valence-corrected chi connectivity index (χ2v) is 20.4. The zero-order chi connectivity index (χ0) is 33.3. The maximum absolute atomic E-state index is 5.85. The van der Waals surface area contributed by atoms with Gasteiger partial charge < -0.3 is 12.4 Å². The summed E-state index contributed by atoms with van der Waals surface area (Å²) in [6.45, 7) is 40.9. The molecule has 0 saturated heterocycles. The summed E-state index contributed by atoms with van der Waals surface area (Å²) in [4.78, 5) is 0. The van der Waals surface area contributed by atoms with Gasteiger partial charge >= 0.3 is 0 Å². The van der Waals surface area contributed by atoms with Crippen LogP contribution in [0.25, 0.3) is 0 Å². The Kier molecular flexibility index (Phi) is 17.7. The van der Waals surface area contributed by atoms with Gasteiger partial charge in [0.1, 0.15) is 0 Å². The van der Waals surface area contributed by atoms with E-state index in [1.54, 1.807) is 0 Å². The third-order valence-corrected chi connectivity index (χ3v) is 9.58. The average molecular weight is 805 g/mol. The fourth-order valence-electron chi connectivity index (χ4n) is 4.75. The quantitative estimate of drug-likeness (QED) is 0.211. The summed E-state index contributed by atoms with van der Waals surface area (Å²) in [6.07, 6.45) is 0. The van der Waals surface area contributed by atoms with E-state index in [-0.39, 0.29) is 69.3 Å². The Morgan fingerprint density at radius 2 is 0.591 bits per heavy atom. The van der Waals surface area contributed by atoms with Crippen molar-refractivity contribution in [3.63, 3.8) is 0 Å². The molecule has 0 nitrogen and oxygen atoms in total. The first-order valence-corrected chi connectivity index (χ1v) is 17.6. The minimum atomic E-state index is 0. The standard InChI is InChI=1S/2C19H29ClP.ClH.Sb/c2*1-17(2,3)13-10-14(18(4,5)6)16(21-12-20)15(11-13)19(7,8)9;;/h2*10-11H,1-9H3;1H;/p-1. The summed E-state index contributed by atoms with van der Waals surface area (Å²) in [5, 5.41) is 8.26. The van der Waals surface area contributed by atoms with E-state index in [0.29, 0.717) is 0 Å². The molecule has 0 spiro atoms. The van der Waals surface area contributed by atoms with Gasteiger partial charge in [-0.25, -0.2) is 0 Å². The minimum absolute atomic E-state index is 0. The van der Waals surface area contributed by atoms with Crippen LogP contribution in [0.1, 0.15) is 158 Å². The molecule has 0 aliphatic rings. The Morgan fingerprint density at radius 1 is 0.409 bits per heavy atom. The first-order valence-electron chi connectivity index (χ1n) is 15.1. The van der Waals surface area contributed by atoms with Gasteiger partial charge in [0.25, 0.3) is 0 Å². The van der Waals surface area contributed by atoms with E-state index in [4.69, 9.17) is 23.2 Å². The van der Waals surface area contributed by atoms with Crippen molar-refractivity contribution in [1.29, 1.82) is 0 Å². The predicted octanol–water partition coefficient (Wildman–Crippen LogP) is 8.68. The molecule has 0 fully saturated rings. The fourth-order valence-corrected chi connectivity index (χ4v) is 7.51. The number of benzene rings is 2. The molecule has 0 heterocycles. The van der Waals surface area contributed by atoms with E-state index in [2.05, 4.69) is 159 Å². The summed E-state index contributed by atoms with van der Waals surface area (Å²) in [7, 11) is 1.94. The van der Waals surface area contributed by atoms with Crippen LogP contribution in [0, 0.1) is 0 Å². The Hall–Kier alpha value is 0.468. The number of rotatable bonds is 2. The monoisotopic (exact) mass is 802 g/mol. The molecule has 0 saturated carbocycles.